The number of aromatic amines is 1. The van der Waals surface area contributed by atoms with Crippen LogP contribution in [0, 0.1) is 6.92 Å². The Balaban J connectivity index is 1.89. The number of H-pyrrole nitrogens is 1. The number of aromatic nitrogens is 4. The minimum absolute atomic E-state index is 0.311. The SMILES string of the molecule is Cc1c(Cl)cccc1NC(=O)CC(=O)NC(C)c1nn[nH]n1. The van der Waals surface area contributed by atoms with E-state index < -0.39 is 17.9 Å². The number of rotatable bonds is 5. The minimum atomic E-state index is -0.438. The molecule has 0 bridgehead atoms. The zero-order chi connectivity index (χ0) is 16.1. The topological polar surface area (TPSA) is 113 Å². The van der Waals surface area contributed by atoms with Gasteiger partial charge in [-0.3, -0.25) is 9.59 Å². The van der Waals surface area contributed by atoms with Crippen molar-refractivity contribution in [3.63, 3.8) is 0 Å². The average molecular weight is 323 g/mol. The molecule has 1 unspecified atom stereocenters. The molecule has 3 N–H and O–H groups in total. The van der Waals surface area contributed by atoms with Gasteiger partial charge in [-0.15, -0.1) is 10.2 Å². The van der Waals surface area contributed by atoms with Gasteiger partial charge in [0.2, 0.25) is 11.8 Å². The van der Waals surface area contributed by atoms with E-state index in [1.54, 1.807) is 32.0 Å². The van der Waals surface area contributed by atoms with Crippen molar-refractivity contribution in [3.05, 3.63) is 34.6 Å². The highest BCUT2D eigenvalue weighted by molar-refractivity contribution is 6.31. The van der Waals surface area contributed by atoms with Gasteiger partial charge in [-0.05, 0) is 31.5 Å². The van der Waals surface area contributed by atoms with E-state index >= 15 is 0 Å². The van der Waals surface area contributed by atoms with E-state index in [9.17, 15) is 9.59 Å². The normalized spacial score (nSPS) is 11.8. The number of hydrogen-bond acceptors (Lipinski definition) is 5. The summed E-state index contributed by atoms with van der Waals surface area (Å²) in [5.74, 6) is -0.517. The van der Waals surface area contributed by atoms with Crippen molar-refractivity contribution in [2.24, 2.45) is 0 Å². The lowest BCUT2D eigenvalue weighted by atomic mass is 10.2. The fourth-order valence-corrected chi connectivity index (χ4v) is 1.97. The number of nitrogens with zero attached hydrogens (tertiary/aromatic N) is 3. The van der Waals surface area contributed by atoms with Gasteiger partial charge in [0.05, 0.1) is 6.04 Å². The molecule has 0 saturated carbocycles. The van der Waals surface area contributed by atoms with Gasteiger partial charge in [0.25, 0.3) is 0 Å². The van der Waals surface area contributed by atoms with E-state index in [-0.39, 0.29) is 6.42 Å². The predicted molar refractivity (Wildman–Crippen MR) is 80.2 cm³/mol. The zero-order valence-corrected chi connectivity index (χ0v) is 12.8. The molecular formula is C13H15ClN6O2. The molecule has 0 saturated heterocycles. The van der Waals surface area contributed by atoms with Crippen LogP contribution in [-0.2, 0) is 9.59 Å². The number of halogens is 1. The van der Waals surface area contributed by atoms with Crippen molar-refractivity contribution >= 4 is 29.1 Å². The van der Waals surface area contributed by atoms with Crippen LogP contribution in [0.2, 0.25) is 5.02 Å². The molecule has 0 spiro atoms. The van der Waals surface area contributed by atoms with E-state index in [0.29, 0.717) is 16.5 Å². The second-order valence-corrected chi connectivity index (χ2v) is 5.10. The Morgan fingerprint density at radius 2 is 2.14 bits per heavy atom. The van der Waals surface area contributed by atoms with Gasteiger partial charge in [-0.1, -0.05) is 22.9 Å². The van der Waals surface area contributed by atoms with Gasteiger partial charge in [0.1, 0.15) is 6.42 Å². The smallest absolute Gasteiger partial charge is 0.233 e. The van der Waals surface area contributed by atoms with Crippen LogP contribution in [0.15, 0.2) is 18.2 Å². The third kappa shape index (κ3) is 4.01. The van der Waals surface area contributed by atoms with Crippen molar-refractivity contribution < 1.29 is 9.59 Å². The molecule has 0 radical (unpaired) electrons. The molecule has 22 heavy (non-hydrogen) atoms. The van der Waals surface area contributed by atoms with Crippen LogP contribution in [0.5, 0.6) is 0 Å². The Morgan fingerprint density at radius 3 is 2.82 bits per heavy atom. The first kappa shape index (κ1) is 15.9. The van der Waals surface area contributed by atoms with Gasteiger partial charge in [-0.2, -0.15) is 5.21 Å². The minimum Gasteiger partial charge on any atom is -0.346 e. The van der Waals surface area contributed by atoms with Crippen LogP contribution in [-0.4, -0.2) is 32.4 Å². The average Bonchev–Trinajstić information content (AvgIpc) is 2.97. The molecule has 1 atom stereocenters. The lowest BCUT2D eigenvalue weighted by Gasteiger charge is -2.11. The molecule has 8 nitrogen and oxygen atoms in total. The van der Waals surface area contributed by atoms with Gasteiger partial charge in [0, 0.05) is 10.7 Å². The third-order valence-electron chi connectivity index (χ3n) is 2.99. The summed E-state index contributed by atoms with van der Waals surface area (Å²) in [7, 11) is 0. The fraction of sp³-hybridized carbons (Fsp3) is 0.308. The van der Waals surface area contributed by atoms with Gasteiger partial charge in [0.15, 0.2) is 5.82 Å². The maximum Gasteiger partial charge on any atom is 0.233 e. The second kappa shape index (κ2) is 6.99. The van der Waals surface area contributed by atoms with Crippen LogP contribution in [0.4, 0.5) is 5.69 Å². The summed E-state index contributed by atoms with van der Waals surface area (Å²) in [5, 5.41) is 19.0. The monoisotopic (exact) mass is 322 g/mol. The number of hydrogen-bond donors (Lipinski definition) is 3. The van der Waals surface area contributed by atoms with E-state index in [1.165, 1.54) is 0 Å². The number of amides is 2. The molecule has 9 heteroatoms. The summed E-state index contributed by atoms with van der Waals surface area (Å²) in [5.41, 5.74) is 1.33. The van der Waals surface area contributed by atoms with Crippen molar-refractivity contribution in [2.75, 3.05) is 5.32 Å². The lowest BCUT2D eigenvalue weighted by molar-refractivity contribution is -0.127. The summed E-state index contributed by atoms with van der Waals surface area (Å²) in [6.07, 6.45) is -0.311. The standard InChI is InChI=1S/C13H15ClN6O2/c1-7-9(14)4-3-5-10(7)16-12(22)6-11(21)15-8(2)13-17-19-20-18-13/h3-5,8H,6H2,1-2H3,(H,15,21)(H,16,22)(H,17,18,19,20). The molecule has 116 valence electrons. The Hall–Kier alpha value is -2.48. The largest absolute Gasteiger partial charge is 0.346 e. The molecule has 0 fully saturated rings. The highest BCUT2D eigenvalue weighted by atomic mass is 35.5. The summed E-state index contributed by atoms with van der Waals surface area (Å²) in [6, 6.07) is 4.74. The Morgan fingerprint density at radius 1 is 1.36 bits per heavy atom. The second-order valence-electron chi connectivity index (χ2n) is 4.70. The summed E-state index contributed by atoms with van der Waals surface area (Å²) in [4.78, 5) is 23.7. The first-order chi connectivity index (χ1) is 10.5. The van der Waals surface area contributed by atoms with E-state index in [0.717, 1.165) is 5.56 Å². The number of carbonyl (C=O) groups is 2. The number of anilines is 1. The quantitative estimate of drug-likeness (QED) is 0.719. The molecule has 1 aromatic heterocycles. The van der Waals surface area contributed by atoms with Crippen LogP contribution in [0.25, 0.3) is 0 Å². The number of carbonyl (C=O) groups excluding carboxylic acids is 2. The number of tetrazole rings is 1. The van der Waals surface area contributed by atoms with Crippen LogP contribution in [0.1, 0.15) is 30.8 Å². The molecule has 1 aromatic carbocycles. The first-order valence-electron chi connectivity index (χ1n) is 6.55. The molecule has 1 heterocycles. The number of nitrogens with one attached hydrogen (secondary N) is 3. The molecule has 2 rings (SSSR count). The van der Waals surface area contributed by atoms with Crippen molar-refractivity contribution in [2.45, 2.75) is 26.3 Å². The Labute approximate surface area is 131 Å². The highest BCUT2D eigenvalue weighted by Gasteiger charge is 2.16. The maximum atomic E-state index is 11.9. The molecule has 2 aromatic rings. The number of benzene rings is 1. The van der Waals surface area contributed by atoms with E-state index in [2.05, 4.69) is 31.3 Å². The van der Waals surface area contributed by atoms with Crippen molar-refractivity contribution in [1.29, 1.82) is 0 Å². The highest BCUT2D eigenvalue weighted by Crippen LogP contribution is 2.22. The van der Waals surface area contributed by atoms with Gasteiger partial charge < -0.3 is 10.6 Å². The van der Waals surface area contributed by atoms with Crippen LogP contribution < -0.4 is 10.6 Å². The van der Waals surface area contributed by atoms with Crippen LogP contribution >= 0.6 is 11.6 Å². The zero-order valence-electron chi connectivity index (χ0n) is 12.1. The Bertz CT molecular complexity index is 673. The molecule has 0 aliphatic heterocycles. The molecule has 0 aliphatic rings. The molecule has 2 amide bonds. The fourth-order valence-electron chi connectivity index (χ4n) is 1.79. The van der Waals surface area contributed by atoms with E-state index in [4.69, 9.17) is 11.6 Å². The van der Waals surface area contributed by atoms with Crippen LogP contribution in [0.3, 0.4) is 0 Å². The summed E-state index contributed by atoms with van der Waals surface area (Å²) in [6.45, 7) is 3.48. The maximum absolute atomic E-state index is 11.9. The van der Waals surface area contributed by atoms with Crippen molar-refractivity contribution in [3.8, 4) is 0 Å². The molecule has 0 aliphatic carbocycles. The summed E-state index contributed by atoms with van der Waals surface area (Å²) >= 11 is 5.98. The first-order valence-corrected chi connectivity index (χ1v) is 6.93. The molecular weight excluding hydrogens is 308 g/mol. The third-order valence-corrected chi connectivity index (χ3v) is 3.40. The lowest BCUT2D eigenvalue weighted by Crippen LogP contribution is -2.31. The van der Waals surface area contributed by atoms with E-state index in [1.807, 2.05) is 0 Å². The Kier molecular flexibility index (Phi) is 5.05. The van der Waals surface area contributed by atoms with Gasteiger partial charge in [-0.25, -0.2) is 0 Å². The van der Waals surface area contributed by atoms with Gasteiger partial charge >= 0.3 is 0 Å². The van der Waals surface area contributed by atoms with Crippen molar-refractivity contribution in [1.82, 2.24) is 25.9 Å². The summed E-state index contributed by atoms with van der Waals surface area (Å²) < 4.78 is 0. The predicted octanol–water partition coefficient (Wildman–Crippen LogP) is 1.37.